The van der Waals surface area contributed by atoms with Gasteiger partial charge in [0.15, 0.2) is 5.96 Å². The second-order valence-corrected chi connectivity index (χ2v) is 8.75. The molecule has 0 aromatic heterocycles. The van der Waals surface area contributed by atoms with Crippen molar-refractivity contribution in [2.75, 3.05) is 39.8 Å². The van der Waals surface area contributed by atoms with Gasteiger partial charge >= 0.3 is 0 Å². The van der Waals surface area contributed by atoms with Gasteiger partial charge in [-0.3, -0.25) is 9.89 Å². The highest BCUT2D eigenvalue weighted by Gasteiger charge is 2.21. The molecule has 1 saturated heterocycles. The zero-order valence-electron chi connectivity index (χ0n) is 20.1. The molecular formula is C26H39IN4O2. The highest BCUT2D eigenvalue weighted by molar-refractivity contribution is 14.0. The molecular weight excluding hydrogens is 527 g/mol. The molecule has 1 fully saturated rings. The fourth-order valence-corrected chi connectivity index (χ4v) is 3.89. The van der Waals surface area contributed by atoms with Gasteiger partial charge in [0.05, 0.1) is 25.9 Å². The van der Waals surface area contributed by atoms with Crippen LogP contribution in [0.3, 0.4) is 0 Å². The lowest BCUT2D eigenvalue weighted by atomic mass is 10.1. The Morgan fingerprint density at radius 3 is 2.55 bits per heavy atom. The van der Waals surface area contributed by atoms with Crippen LogP contribution in [0.2, 0.25) is 0 Å². The van der Waals surface area contributed by atoms with Gasteiger partial charge in [-0.1, -0.05) is 68.4 Å². The lowest BCUT2D eigenvalue weighted by molar-refractivity contribution is -0.0284. The van der Waals surface area contributed by atoms with Crippen LogP contribution in [0.1, 0.15) is 30.5 Å². The first-order valence-electron chi connectivity index (χ1n) is 11.6. The molecule has 0 aliphatic carbocycles. The number of rotatable bonds is 10. The van der Waals surface area contributed by atoms with Crippen LogP contribution < -0.4 is 10.6 Å². The molecule has 1 atom stereocenters. The van der Waals surface area contributed by atoms with E-state index in [1.165, 1.54) is 16.7 Å². The van der Waals surface area contributed by atoms with Crippen molar-refractivity contribution in [3.8, 4) is 0 Å². The van der Waals surface area contributed by atoms with Crippen molar-refractivity contribution < 1.29 is 9.47 Å². The third kappa shape index (κ3) is 10.4. The molecule has 1 heterocycles. The second kappa shape index (κ2) is 15.3. The SMILES string of the molecule is CN=C(NCc1cccc(COCc2ccccc2)c1)NCC1CN(CC(C)C)CCO1.I. The minimum Gasteiger partial charge on any atom is -0.374 e. The maximum Gasteiger partial charge on any atom is 0.191 e. The summed E-state index contributed by atoms with van der Waals surface area (Å²) >= 11 is 0. The number of hydrogen-bond donors (Lipinski definition) is 2. The third-order valence-electron chi connectivity index (χ3n) is 5.40. The van der Waals surface area contributed by atoms with Gasteiger partial charge < -0.3 is 20.1 Å². The minimum atomic E-state index is 0. The number of nitrogens with one attached hydrogen (secondary N) is 2. The first-order chi connectivity index (χ1) is 15.6. The van der Waals surface area contributed by atoms with Crippen molar-refractivity contribution in [2.45, 2.75) is 39.7 Å². The Hall–Kier alpha value is -1.68. The molecule has 1 unspecified atom stereocenters. The number of hydrogen-bond acceptors (Lipinski definition) is 4. The molecule has 0 bridgehead atoms. The second-order valence-electron chi connectivity index (χ2n) is 8.75. The van der Waals surface area contributed by atoms with Crippen LogP contribution in [-0.2, 0) is 29.2 Å². The Morgan fingerprint density at radius 2 is 1.79 bits per heavy atom. The summed E-state index contributed by atoms with van der Waals surface area (Å²) in [5, 5.41) is 6.82. The normalized spacial score (nSPS) is 17.0. The molecule has 7 heteroatoms. The van der Waals surface area contributed by atoms with Crippen LogP contribution in [0.25, 0.3) is 0 Å². The summed E-state index contributed by atoms with van der Waals surface area (Å²) < 4.78 is 11.8. The molecule has 6 nitrogen and oxygen atoms in total. The molecule has 2 aromatic carbocycles. The summed E-state index contributed by atoms with van der Waals surface area (Å²) in [5.74, 6) is 1.47. The van der Waals surface area contributed by atoms with Crippen LogP contribution in [0.4, 0.5) is 0 Å². The summed E-state index contributed by atoms with van der Waals surface area (Å²) in [6, 6.07) is 18.7. The molecule has 182 valence electrons. The predicted molar refractivity (Wildman–Crippen MR) is 146 cm³/mol. The smallest absolute Gasteiger partial charge is 0.191 e. The van der Waals surface area contributed by atoms with Crippen LogP contribution in [0.5, 0.6) is 0 Å². The van der Waals surface area contributed by atoms with E-state index >= 15 is 0 Å². The maximum absolute atomic E-state index is 5.93. The molecule has 0 spiro atoms. The highest BCUT2D eigenvalue weighted by Crippen LogP contribution is 2.10. The quantitative estimate of drug-likeness (QED) is 0.258. The topological polar surface area (TPSA) is 58.1 Å². The van der Waals surface area contributed by atoms with E-state index in [1.807, 2.05) is 18.2 Å². The van der Waals surface area contributed by atoms with E-state index < -0.39 is 0 Å². The summed E-state index contributed by atoms with van der Waals surface area (Å²) in [6.45, 7) is 11.1. The van der Waals surface area contributed by atoms with Crippen molar-refractivity contribution in [2.24, 2.45) is 10.9 Å². The Morgan fingerprint density at radius 1 is 1.06 bits per heavy atom. The van der Waals surface area contributed by atoms with Crippen LogP contribution in [0, 0.1) is 5.92 Å². The van der Waals surface area contributed by atoms with E-state index in [4.69, 9.17) is 9.47 Å². The summed E-state index contributed by atoms with van der Waals surface area (Å²) in [4.78, 5) is 6.85. The molecule has 3 rings (SSSR count). The van der Waals surface area contributed by atoms with E-state index in [0.29, 0.717) is 25.7 Å². The molecule has 0 saturated carbocycles. The van der Waals surface area contributed by atoms with Gasteiger partial charge in [0, 0.05) is 39.8 Å². The first-order valence-corrected chi connectivity index (χ1v) is 11.6. The molecule has 0 amide bonds. The Bertz CT molecular complexity index is 832. The van der Waals surface area contributed by atoms with E-state index in [2.05, 4.69) is 70.8 Å². The number of aliphatic imine (C=N–C) groups is 1. The van der Waals surface area contributed by atoms with Gasteiger partial charge in [-0.2, -0.15) is 0 Å². The molecule has 1 aliphatic rings. The number of guanidine groups is 1. The minimum absolute atomic E-state index is 0. The molecule has 1 aliphatic heterocycles. The molecule has 2 N–H and O–H groups in total. The van der Waals surface area contributed by atoms with Gasteiger partial charge in [0.1, 0.15) is 0 Å². The third-order valence-corrected chi connectivity index (χ3v) is 5.40. The summed E-state index contributed by atoms with van der Waals surface area (Å²) in [5.41, 5.74) is 3.56. The average Bonchev–Trinajstić information content (AvgIpc) is 2.80. The van der Waals surface area contributed by atoms with E-state index in [-0.39, 0.29) is 30.1 Å². The standard InChI is InChI=1S/C26H38N4O2.HI/c1-21(2)17-30-12-13-32-25(18-30)16-29-26(27-3)28-15-23-10-7-11-24(14-23)20-31-19-22-8-5-4-6-9-22;/h4-11,14,21,25H,12-13,15-20H2,1-3H3,(H2,27,28,29);1H. The van der Waals surface area contributed by atoms with Gasteiger partial charge in [-0.25, -0.2) is 0 Å². The van der Waals surface area contributed by atoms with Gasteiger partial charge in [-0.15, -0.1) is 24.0 Å². The predicted octanol–water partition coefficient (Wildman–Crippen LogP) is 4.04. The zero-order valence-corrected chi connectivity index (χ0v) is 22.5. The maximum atomic E-state index is 5.93. The van der Waals surface area contributed by atoms with Crippen molar-refractivity contribution >= 4 is 29.9 Å². The van der Waals surface area contributed by atoms with E-state index in [0.717, 1.165) is 38.7 Å². The fourth-order valence-electron chi connectivity index (χ4n) is 3.89. The number of halogens is 1. The van der Waals surface area contributed by atoms with E-state index in [1.54, 1.807) is 7.05 Å². The average molecular weight is 567 g/mol. The van der Waals surface area contributed by atoms with Crippen molar-refractivity contribution in [3.05, 3.63) is 71.3 Å². The molecule has 2 aromatic rings. The highest BCUT2D eigenvalue weighted by atomic mass is 127. The number of benzene rings is 2. The number of nitrogens with zero attached hydrogens (tertiary/aromatic N) is 2. The lowest BCUT2D eigenvalue weighted by Crippen LogP contribution is -2.50. The van der Waals surface area contributed by atoms with Crippen molar-refractivity contribution in [3.63, 3.8) is 0 Å². The Kier molecular flexibility index (Phi) is 12.8. The van der Waals surface area contributed by atoms with E-state index in [9.17, 15) is 0 Å². The largest absolute Gasteiger partial charge is 0.374 e. The number of ether oxygens (including phenoxy) is 2. The molecule has 0 radical (unpaired) electrons. The van der Waals surface area contributed by atoms with Crippen LogP contribution in [0.15, 0.2) is 59.6 Å². The summed E-state index contributed by atoms with van der Waals surface area (Å²) in [6.07, 6.45) is 0.186. The molecule has 33 heavy (non-hydrogen) atoms. The van der Waals surface area contributed by atoms with Crippen molar-refractivity contribution in [1.82, 2.24) is 15.5 Å². The fraction of sp³-hybridized carbons (Fsp3) is 0.500. The number of morpholine rings is 1. The zero-order chi connectivity index (χ0) is 22.6. The lowest BCUT2D eigenvalue weighted by Gasteiger charge is -2.34. The van der Waals surface area contributed by atoms with Crippen LogP contribution in [-0.4, -0.2) is 56.8 Å². The summed E-state index contributed by atoms with van der Waals surface area (Å²) in [7, 11) is 1.80. The Balaban J connectivity index is 0.00000385. The first kappa shape index (κ1) is 27.6. The van der Waals surface area contributed by atoms with Crippen LogP contribution >= 0.6 is 24.0 Å². The van der Waals surface area contributed by atoms with Gasteiger partial charge in [0.2, 0.25) is 0 Å². The van der Waals surface area contributed by atoms with Crippen molar-refractivity contribution in [1.29, 1.82) is 0 Å². The van der Waals surface area contributed by atoms with Gasteiger partial charge in [-0.05, 0) is 22.6 Å². The Labute approximate surface area is 216 Å². The van der Waals surface area contributed by atoms with Gasteiger partial charge in [0.25, 0.3) is 0 Å². The monoisotopic (exact) mass is 566 g/mol.